The Kier molecular flexibility index (Phi) is 6.86. The number of fused-ring (bicyclic) bond motifs is 4. The van der Waals surface area contributed by atoms with Crippen LogP contribution in [-0.4, -0.2) is 13.1 Å². The van der Waals surface area contributed by atoms with Crippen molar-refractivity contribution in [3.05, 3.63) is 108 Å². The topological polar surface area (TPSA) is 15.3 Å². The number of nitrogens with one attached hydrogen (secondary N) is 1. The van der Waals surface area contributed by atoms with Gasteiger partial charge >= 0.3 is 0 Å². The van der Waals surface area contributed by atoms with E-state index in [-0.39, 0.29) is 10.8 Å². The lowest BCUT2D eigenvalue weighted by Gasteiger charge is -2.34. The molecule has 0 spiro atoms. The largest absolute Gasteiger partial charge is 0.385 e. The van der Waals surface area contributed by atoms with Gasteiger partial charge < -0.3 is 10.2 Å². The summed E-state index contributed by atoms with van der Waals surface area (Å²) in [5, 5.41) is 8.95. The number of allylic oxidation sites excluding steroid dienone is 4. The van der Waals surface area contributed by atoms with Crippen LogP contribution < -0.4 is 10.2 Å². The van der Waals surface area contributed by atoms with Gasteiger partial charge in [0.2, 0.25) is 0 Å². The molecular weight excluding hydrogens is 460 g/mol. The second kappa shape index (κ2) is 9.98. The first kappa shape index (κ1) is 26.1. The molecule has 1 N–H and O–H groups in total. The third-order valence-corrected chi connectivity index (χ3v) is 8.80. The van der Waals surface area contributed by atoms with Crippen molar-refractivity contribution in [2.45, 2.75) is 59.3 Å². The predicted octanol–water partition coefficient (Wildman–Crippen LogP) is 9.60. The first-order valence-electron chi connectivity index (χ1n) is 14.2. The summed E-state index contributed by atoms with van der Waals surface area (Å²) < 4.78 is 0. The Morgan fingerprint density at radius 3 is 2.18 bits per heavy atom. The van der Waals surface area contributed by atoms with Gasteiger partial charge in [-0.15, -0.1) is 0 Å². The maximum atomic E-state index is 3.64. The second-order valence-electron chi connectivity index (χ2n) is 11.7. The average molecular weight is 503 g/mol. The van der Waals surface area contributed by atoms with Gasteiger partial charge in [0, 0.05) is 35.6 Å². The third kappa shape index (κ3) is 4.21. The molecule has 0 fully saturated rings. The predicted molar refractivity (Wildman–Crippen MR) is 168 cm³/mol. The summed E-state index contributed by atoms with van der Waals surface area (Å²) in [4.78, 5) is 2.50. The van der Waals surface area contributed by atoms with Gasteiger partial charge in [-0.25, -0.2) is 0 Å². The highest BCUT2D eigenvalue weighted by Crippen LogP contribution is 2.50. The van der Waals surface area contributed by atoms with E-state index in [0.29, 0.717) is 5.92 Å². The van der Waals surface area contributed by atoms with E-state index in [4.69, 9.17) is 0 Å². The van der Waals surface area contributed by atoms with Gasteiger partial charge in [-0.3, -0.25) is 0 Å². The molecule has 196 valence electrons. The molecule has 38 heavy (non-hydrogen) atoms. The summed E-state index contributed by atoms with van der Waals surface area (Å²) in [6.07, 6.45) is 7.06. The molecule has 1 heterocycles. The number of likely N-dealkylation sites (N-methyl/N-ethyl adjacent to an activating group) is 1. The number of hydrogen-bond donors (Lipinski definition) is 1. The quantitative estimate of drug-likeness (QED) is 0.271. The zero-order valence-corrected chi connectivity index (χ0v) is 24.1. The maximum Gasteiger partial charge on any atom is 0.0456 e. The lowest BCUT2D eigenvalue weighted by atomic mass is 9.71. The van der Waals surface area contributed by atoms with E-state index in [1.165, 1.54) is 49.7 Å². The normalized spacial score (nSPS) is 17.0. The average Bonchev–Trinajstić information content (AvgIpc) is 3.14. The summed E-state index contributed by atoms with van der Waals surface area (Å²) in [7, 11) is 0. The Morgan fingerprint density at radius 2 is 1.50 bits per heavy atom. The Morgan fingerprint density at radius 1 is 0.868 bits per heavy atom. The summed E-state index contributed by atoms with van der Waals surface area (Å²) in [5.74, 6) is 0.338. The molecule has 1 atom stereocenters. The second-order valence-corrected chi connectivity index (χ2v) is 11.7. The van der Waals surface area contributed by atoms with Crippen LogP contribution in [-0.2, 0) is 10.8 Å². The molecule has 5 rings (SSSR count). The van der Waals surface area contributed by atoms with E-state index in [0.717, 1.165) is 13.1 Å². The van der Waals surface area contributed by atoms with E-state index in [1.807, 2.05) is 0 Å². The summed E-state index contributed by atoms with van der Waals surface area (Å²) in [6, 6.07) is 26.6. The van der Waals surface area contributed by atoms with Crippen molar-refractivity contribution in [1.82, 2.24) is 0 Å². The molecule has 4 aromatic rings. The first-order valence-corrected chi connectivity index (χ1v) is 14.2. The molecular formula is C36H42N2. The smallest absolute Gasteiger partial charge is 0.0456 e. The first-order chi connectivity index (χ1) is 18.2. The van der Waals surface area contributed by atoms with Crippen LogP contribution in [0.2, 0.25) is 0 Å². The molecule has 1 aliphatic heterocycles. The van der Waals surface area contributed by atoms with Crippen molar-refractivity contribution in [2.75, 3.05) is 23.3 Å². The van der Waals surface area contributed by atoms with Gasteiger partial charge in [0.15, 0.2) is 0 Å². The van der Waals surface area contributed by atoms with Gasteiger partial charge in [0.25, 0.3) is 0 Å². The van der Waals surface area contributed by atoms with Crippen molar-refractivity contribution in [3.63, 3.8) is 0 Å². The van der Waals surface area contributed by atoms with Gasteiger partial charge in [0.05, 0.1) is 0 Å². The number of rotatable bonds is 7. The molecule has 2 heteroatoms. The van der Waals surface area contributed by atoms with Crippen LogP contribution in [0.3, 0.4) is 0 Å². The fraction of sp³-hybridized carbons (Fsp3) is 0.333. The molecule has 0 bridgehead atoms. The molecule has 1 aliphatic rings. The molecule has 0 aromatic heterocycles. The third-order valence-electron chi connectivity index (χ3n) is 8.80. The maximum absolute atomic E-state index is 3.64. The minimum absolute atomic E-state index is 0.0534. The standard InChI is InChI=1S/C36H42N2/c1-8-37-30-23-21-26-16-10-12-18-28(26)33(30)35(4,5)25(3)15-14-20-32-36(6,7)34-29-19-13-11-17-27(29)22-24-31(34)38(32)9-2/h10-25,37H,8-9H2,1-7H3/b15-14+,32-20+/t25-/m1/s1. The van der Waals surface area contributed by atoms with Gasteiger partial charge in [0.1, 0.15) is 0 Å². The van der Waals surface area contributed by atoms with E-state index in [9.17, 15) is 0 Å². The Hall–Kier alpha value is -3.52. The minimum Gasteiger partial charge on any atom is -0.385 e. The number of anilines is 2. The van der Waals surface area contributed by atoms with Crippen LogP contribution in [0.5, 0.6) is 0 Å². The summed E-state index contributed by atoms with van der Waals surface area (Å²) >= 11 is 0. The number of benzene rings is 4. The lowest BCUT2D eigenvalue weighted by molar-refractivity contribution is 0.413. The molecule has 0 aliphatic carbocycles. The van der Waals surface area contributed by atoms with E-state index in [2.05, 4.69) is 150 Å². The molecule has 0 amide bonds. The van der Waals surface area contributed by atoms with Crippen molar-refractivity contribution >= 4 is 32.9 Å². The van der Waals surface area contributed by atoms with E-state index in [1.54, 1.807) is 0 Å². The summed E-state index contributed by atoms with van der Waals surface area (Å²) in [5.41, 5.74) is 6.67. The fourth-order valence-corrected chi connectivity index (χ4v) is 6.46. The zero-order chi connectivity index (χ0) is 27.1. The van der Waals surface area contributed by atoms with Crippen molar-refractivity contribution < 1.29 is 0 Å². The Bertz CT molecular complexity index is 1540. The van der Waals surface area contributed by atoms with Crippen LogP contribution in [0.4, 0.5) is 11.4 Å². The highest BCUT2D eigenvalue weighted by atomic mass is 15.2. The van der Waals surface area contributed by atoms with Crippen LogP contribution in [0.15, 0.2) is 96.7 Å². The van der Waals surface area contributed by atoms with Crippen molar-refractivity contribution in [3.8, 4) is 0 Å². The highest BCUT2D eigenvalue weighted by molar-refractivity contribution is 5.95. The molecule has 0 unspecified atom stereocenters. The number of hydrogen-bond acceptors (Lipinski definition) is 2. The Balaban J connectivity index is 1.52. The Labute approximate surface area is 229 Å². The minimum atomic E-state index is -0.0663. The van der Waals surface area contributed by atoms with Crippen LogP contribution in [0, 0.1) is 5.92 Å². The molecule has 4 aromatic carbocycles. The van der Waals surface area contributed by atoms with E-state index < -0.39 is 0 Å². The lowest BCUT2D eigenvalue weighted by Crippen LogP contribution is -2.27. The SMILES string of the molecule is CCNc1ccc2ccccc2c1C(C)(C)[C@H](C)/C=C/C=C1/N(CC)c2ccc3ccccc3c2C1(C)C. The van der Waals surface area contributed by atoms with Crippen molar-refractivity contribution in [2.24, 2.45) is 5.92 Å². The van der Waals surface area contributed by atoms with Crippen LogP contribution in [0.1, 0.15) is 59.6 Å². The molecule has 0 radical (unpaired) electrons. The van der Waals surface area contributed by atoms with Crippen molar-refractivity contribution in [1.29, 1.82) is 0 Å². The monoisotopic (exact) mass is 502 g/mol. The highest BCUT2D eigenvalue weighted by Gasteiger charge is 2.40. The molecule has 0 saturated carbocycles. The van der Waals surface area contributed by atoms with Gasteiger partial charge in [-0.2, -0.15) is 0 Å². The van der Waals surface area contributed by atoms with Crippen LogP contribution >= 0.6 is 0 Å². The zero-order valence-electron chi connectivity index (χ0n) is 24.1. The van der Waals surface area contributed by atoms with Gasteiger partial charge in [-0.1, -0.05) is 107 Å². The molecule has 2 nitrogen and oxygen atoms in total. The molecule has 0 saturated heterocycles. The fourth-order valence-electron chi connectivity index (χ4n) is 6.46. The van der Waals surface area contributed by atoms with E-state index >= 15 is 0 Å². The number of nitrogens with zero attached hydrogens (tertiary/aromatic N) is 1. The van der Waals surface area contributed by atoms with Crippen LogP contribution in [0.25, 0.3) is 21.5 Å². The van der Waals surface area contributed by atoms with Gasteiger partial charge in [-0.05, 0) is 76.1 Å². The summed E-state index contributed by atoms with van der Waals surface area (Å²) in [6.45, 7) is 18.2.